The van der Waals surface area contributed by atoms with E-state index in [-0.39, 0.29) is 0 Å². The summed E-state index contributed by atoms with van der Waals surface area (Å²) in [4.78, 5) is 2.29. The third-order valence-electron chi connectivity index (χ3n) is 3.48. The highest BCUT2D eigenvalue weighted by Crippen LogP contribution is 2.23. The maximum absolute atomic E-state index is 5.19. The molecule has 0 saturated heterocycles. The Morgan fingerprint density at radius 3 is 2.48 bits per heavy atom. The SMILES string of the molecule is CCn1nc(C)c(Br)c1CN(C)Cc1ccc(OC)cc1. The van der Waals surface area contributed by atoms with E-state index in [4.69, 9.17) is 4.74 Å². The first-order valence-corrected chi connectivity index (χ1v) is 7.87. The van der Waals surface area contributed by atoms with Crippen LogP contribution in [0.2, 0.25) is 0 Å². The van der Waals surface area contributed by atoms with Crippen LogP contribution in [-0.2, 0) is 19.6 Å². The lowest BCUT2D eigenvalue weighted by atomic mass is 10.2. The minimum atomic E-state index is 0.862. The molecule has 0 aliphatic carbocycles. The fourth-order valence-corrected chi connectivity index (χ4v) is 2.78. The van der Waals surface area contributed by atoms with E-state index in [1.54, 1.807) is 7.11 Å². The summed E-state index contributed by atoms with van der Waals surface area (Å²) >= 11 is 3.65. The van der Waals surface area contributed by atoms with E-state index < -0.39 is 0 Å². The first-order chi connectivity index (χ1) is 10.0. The Kier molecular flexibility index (Phi) is 5.42. The maximum Gasteiger partial charge on any atom is 0.118 e. The molecule has 2 aromatic rings. The fraction of sp³-hybridized carbons (Fsp3) is 0.438. The first-order valence-electron chi connectivity index (χ1n) is 7.08. The first kappa shape index (κ1) is 16.0. The van der Waals surface area contributed by atoms with E-state index in [0.717, 1.165) is 35.6 Å². The molecule has 0 aliphatic heterocycles. The van der Waals surface area contributed by atoms with Crippen LogP contribution in [0.1, 0.15) is 23.9 Å². The van der Waals surface area contributed by atoms with Crippen molar-refractivity contribution in [2.24, 2.45) is 0 Å². The Morgan fingerprint density at radius 1 is 1.24 bits per heavy atom. The molecule has 0 fully saturated rings. The summed E-state index contributed by atoms with van der Waals surface area (Å²) < 4.78 is 8.36. The molecule has 1 aromatic carbocycles. The molecule has 1 aromatic heterocycles. The number of aromatic nitrogens is 2. The van der Waals surface area contributed by atoms with Crippen molar-refractivity contribution in [2.75, 3.05) is 14.2 Å². The number of ether oxygens (including phenoxy) is 1. The normalized spacial score (nSPS) is 11.1. The number of aryl methyl sites for hydroxylation is 2. The van der Waals surface area contributed by atoms with Gasteiger partial charge in [-0.2, -0.15) is 5.10 Å². The van der Waals surface area contributed by atoms with Crippen LogP contribution in [0, 0.1) is 6.92 Å². The minimum absolute atomic E-state index is 0.862. The van der Waals surface area contributed by atoms with Crippen molar-refractivity contribution in [1.29, 1.82) is 0 Å². The van der Waals surface area contributed by atoms with Gasteiger partial charge in [-0.25, -0.2) is 0 Å². The molecule has 0 amide bonds. The smallest absolute Gasteiger partial charge is 0.118 e. The molecule has 0 atom stereocenters. The van der Waals surface area contributed by atoms with Crippen molar-refractivity contribution < 1.29 is 4.74 Å². The van der Waals surface area contributed by atoms with Gasteiger partial charge in [0, 0.05) is 19.6 Å². The second-order valence-corrected chi connectivity index (χ2v) is 5.98. The Balaban J connectivity index is 2.05. The van der Waals surface area contributed by atoms with E-state index in [9.17, 15) is 0 Å². The molecule has 0 unspecified atom stereocenters. The zero-order chi connectivity index (χ0) is 15.4. The number of hydrogen-bond acceptors (Lipinski definition) is 3. The molecule has 2 rings (SSSR count). The van der Waals surface area contributed by atoms with Crippen LogP contribution in [0.4, 0.5) is 0 Å². The van der Waals surface area contributed by atoms with Crippen LogP contribution in [-0.4, -0.2) is 28.8 Å². The molecule has 0 bridgehead atoms. The van der Waals surface area contributed by atoms with E-state index in [1.807, 2.05) is 19.1 Å². The van der Waals surface area contributed by atoms with Crippen LogP contribution in [0.3, 0.4) is 0 Å². The van der Waals surface area contributed by atoms with Gasteiger partial charge >= 0.3 is 0 Å². The average Bonchev–Trinajstić information content (AvgIpc) is 2.75. The highest BCUT2D eigenvalue weighted by molar-refractivity contribution is 9.10. The Hall–Kier alpha value is -1.33. The highest BCUT2D eigenvalue weighted by atomic mass is 79.9. The summed E-state index contributed by atoms with van der Waals surface area (Å²) in [6.45, 7) is 6.79. The summed E-state index contributed by atoms with van der Waals surface area (Å²) in [5, 5.41) is 4.54. The van der Waals surface area contributed by atoms with Crippen LogP contribution in [0.5, 0.6) is 5.75 Å². The van der Waals surface area contributed by atoms with Crippen LogP contribution in [0.15, 0.2) is 28.7 Å². The lowest BCUT2D eigenvalue weighted by Gasteiger charge is -2.18. The second kappa shape index (κ2) is 7.09. The lowest BCUT2D eigenvalue weighted by molar-refractivity contribution is 0.306. The summed E-state index contributed by atoms with van der Waals surface area (Å²) in [5.74, 6) is 0.892. The summed E-state index contributed by atoms with van der Waals surface area (Å²) in [6.07, 6.45) is 0. The molecule has 0 saturated carbocycles. The number of halogens is 1. The highest BCUT2D eigenvalue weighted by Gasteiger charge is 2.14. The Bertz CT molecular complexity index is 592. The monoisotopic (exact) mass is 351 g/mol. The largest absolute Gasteiger partial charge is 0.497 e. The van der Waals surface area contributed by atoms with Crippen LogP contribution < -0.4 is 4.74 Å². The van der Waals surface area contributed by atoms with Crippen LogP contribution in [0.25, 0.3) is 0 Å². The van der Waals surface area contributed by atoms with Gasteiger partial charge in [0.1, 0.15) is 5.75 Å². The fourth-order valence-electron chi connectivity index (χ4n) is 2.37. The molecule has 1 heterocycles. The van der Waals surface area contributed by atoms with Gasteiger partial charge in [-0.05, 0) is 54.5 Å². The van der Waals surface area contributed by atoms with E-state index >= 15 is 0 Å². The topological polar surface area (TPSA) is 30.3 Å². The van der Waals surface area contributed by atoms with Gasteiger partial charge in [0.05, 0.1) is 23.0 Å². The van der Waals surface area contributed by atoms with Gasteiger partial charge in [-0.3, -0.25) is 9.58 Å². The van der Waals surface area contributed by atoms with Gasteiger partial charge in [-0.15, -0.1) is 0 Å². The predicted molar refractivity (Wildman–Crippen MR) is 88.5 cm³/mol. The summed E-state index contributed by atoms with van der Waals surface area (Å²) in [5.41, 5.74) is 3.55. The number of nitrogens with zero attached hydrogens (tertiary/aromatic N) is 3. The number of rotatable bonds is 6. The van der Waals surface area contributed by atoms with E-state index in [1.165, 1.54) is 11.3 Å². The van der Waals surface area contributed by atoms with E-state index in [0.29, 0.717) is 0 Å². The van der Waals surface area contributed by atoms with Crippen molar-refractivity contribution in [1.82, 2.24) is 14.7 Å². The molecule has 0 radical (unpaired) electrons. The number of benzene rings is 1. The molecular formula is C16H22BrN3O. The molecule has 21 heavy (non-hydrogen) atoms. The lowest BCUT2D eigenvalue weighted by Crippen LogP contribution is -2.20. The van der Waals surface area contributed by atoms with Crippen LogP contribution >= 0.6 is 15.9 Å². The van der Waals surface area contributed by atoms with Gasteiger partial charge in [-0.1, -0.05) is 12.1 Å². The van der Waals surface area contributed by atoms with Crippen molar-refractivity contribution >= 4 is 15.9 Å². The summed E-state index contributed by atoms with van der Waals surface area (Å²) in [6, 6.07) is 8.21. The molecule has 0 spiro atoms. The molecule has 0 aliphatic rings. The van der Waals surface area contributed by atoms with Crippen molar-refractivity contribution in [3.63, 3.8) is 0 Å². The van der Waals surface area contributed by atoms with E-state index in [2.05, 4.69) is 56.7 Å². The second-order valence-electron chi connectivity index (χ2n) is 5.18. The van der Waals surface area contributed by atoms with Gasteiger partial charge in [0.15, 0.2) is 0 Å². The third-order valence-corrected chi connectivity index (χ3v) is 4.52. The van der Waals surface area contributed by atoms with Gasteiger partial charge < -0.3 is 4.74 Å². The Labute approximate surface area is 134 Å². The van der Waals surface area contributed by atoms with Gasteiger partial charge in [0.25, 0.3) is 0 Å². The zero-order valence-electron chi connectivity index (χ0n) is 13.1. The molecule has 0 N–H and O–H groups in total. The third kappa shape index (κ3) is 3.86. The summed E-state index contributed by atoms with van der Waals surface area (Å²) in [7, 11) is 3.81. The molecular weight excluding hydrogens is 330 g/mol. The quantitative estimate of drug-likeness (QED) is 0.796. The zero-order valence-corrected chi connectivity index (χ0v) is 14.6. The molecule has 5 heteroatoms. The maximum atomic E-state index is 5.19. The minimum Gasteiger partial charge on any atom is -0.497 e. The average molecular weight is 352 g/mol. The van der Waals surface area contributed by atoms with Crippen molar-refractivity contribution in [3.8, 4) is 5.75 Å². The number of hydrogen-bond donors (Lipinski definition) is 0. The predicted octanol–water partition coefficient (Wildman–Crippen LogP) is 3.61. The van der Waals surface area contributed by atoms with Gasteiger partial charge in [0.2, 0.25) is 0 Å². The number of methoxy groups -OCH3 is 1. The van der Waals surface area contributed by atoms with Crippen molar-refractivity contribution in [3.05, 3.63) is 45.7 Å². The molecule has 4 nitrogen and oxygen atoms in total. The molecule has 114 valence electrons. The Morgan fingerprint density at radius 2 is 1.90 bits per heavy atom. The standard InChI is InChI=1S/C16H22BrN3O/c1-5-20-15(16(17)12(2)18-20)11-19(3)10-13-6-8-14(21-4)9-7-13/h6-9H,5,10-11H2,1-4H3. The van der Waals surface area contributed by atoms with Crippen molar-refractivity contribution in [2.45, 2.75) is 33.5 Å².